The van der Waals surface area contributed by atoms with Crippen molar-refractivity contribution in [3.8, 4) is 0 Å². The van der Waals surface area contributed by atoms with Crippen LogP contribution in [0.2, 0.25) is 0 Å². The lowest BCUT2D eigenvalue weighted by Crippen LogP contribution is -2.07. The van der Waals surface area contributed by atoms with E-state index in [-0.39, 0.29) is 11.9 Å². The molecule has 4 heteroatoms. The third kappa shape index (κ3) is 2.62. The fraction of sp³-hybridized carbons (Fsp3) is 0.167. The molecular formula is C12H11BrFNS. The summed E-state index contributed by atoms with van der Waals surface area (Å²) in [5.74, 6) is -0.182. The zero-order valence-corrected chi connectivity index (χ0v) is 11.1. The summed E-state index contributed by atoms with van der Waals surface area (Å²) >= 11 is 4.97. The SMILES string of the molecule is CC(Nc1ccsc1)c1cc(Br)ccc1F. The lowest BCUT2D eigenvalue weighted by Gasteiger charge is -2.15. The van der Waals surface area contributed by atoms with Crippen molar-refractivity contribution < 1.29 is 4.39 Å². The molecule has 1 unspecified atom stereocenters. The van der Waals surface area contributed by atoms with Gasteiger partial charge in [-0.1, -0.05) is 15.9 Å². The molecule has 1 aromatic heterocycles. The molecule has 1 N–H and O–H groups in total. The van der Waals surface area contributed by atoms with Crippen LogP contribution in [0.1, 0.15) is 18.5 Å². The fourth-order valence-electron chi connectivity index (χ4n) is 1.52. The second-order valence-corrected chi connectivity index (χ2v) is 5.24. The van der Waals surface area contributed by atoms with Crippen LogP contribution < -0.4 is 5.32 Å². The van der Waals surface area contributed by atoms with E-state index >= 15 is 0 Å². The van der Waals surface area contributed by atoms with Crippen LogP contribution in [0, 0.1) is 5.82 Å². The van der Waals surface area contributed by atoms with Crippen molar-refractivity contribution in [2.24, 2.45) is 0 Å². The van der Waals surface area contributed by atoms with Crippen LogP contribution in [0.15, 0.2) is 39.5 Å². The van der Waals surface area contributed by atoms with Crippen molar-refractivity contribution in [1.29, 1.82) is 0 Å². The first-order chi connectivity index (χ1) is 7.66. The van der Waals surface area contributed by atoms with E-state index in [4.69, 9.17) is 0 Å². The van der Waals surface area contributed by atoms with Crippen molar-refractivity contribution in [3.63, 3.8) is 0 Å². The van der Waals surface area contributed by atoms with Crippen LogP contribution in [-0.2, 0) is 0 Å². The Labute approximate surface area is 106 Å². The molecule has 0 aliphatic rings. The molecule has 84 valence electrons. The summed E-state index contributed by atoms with van der Waals surface area (Å²) < 4.78 is 14.5. The van der Waals surface area contributed by atoms with Crippen LogP contribution >= 0.6 is 27.3 Å². The zero-order valence-electron chi connectivity index (χ0n) is 8.71. The standard InChI is InChI=1S/C12H11BrFNS/c1-8(15-10-4-5-16-7-10)11-6-9(13)2-3-12(11)14/h2-8,15H,1H3. The van der Waals surface area contributed by atoms with E-state index in [1.807, 2.05) is 23.8 Å². The van der Waals surface area contributed by atoms with Crippen molar-refractivity contribution >= 4 is 33.0 Å². The lowest BCUT2D eigenvalue weighted by atomic mass is 10.1. The Morgan fingerprint density at radius 2 is 2.19 bits per heavy atom. The molecule has 1 aromatic carbocycles. The lowest BCUT2D eigenvalue weighted by molar-refractivity contribution is 0.600. The predicted octanol–water partition coefficient (Wildman–Crippen LogP) is 4.82. The molecule has 2 rings (SSSR count). The van der Waals surface area contributed by atoms with Crippen molar-refractivity contribution in [2.75, 3.05) is 5.32 Å². The largest absolute Gasteiger partial charge is 0.378 e. The Kier molecular flexibility index (Phi) is 3.61. The monoisotopic (exact) mass is 299 g/mol. The summed E-state index contributed by atoms with van der Waals surface area (Å²) in [6.45, 7) is 1.95. The van der Waals surface area contributed by atoms with Gasteiger partial charge in [0.1, 0.15) is 5.82 Å². The van der Waals surface area contributed by atoms with Crippen LogP contribution in [0.25, 0.3) is 0 Å². The van der Waals surface area contributed by atoms with Gasteiger partial charge in [0.05, 0.1) is 6.04 Å². The predicted molar refractivity (Wildman–Crippen MR) is 70.5 cm³/mol. The number of rotatable bonds is 3. The minimum atomic E-state index is -0.182. The van der Waals surface area contributed by atoms with Gasteiger partial charge in [0, 0.05) is 21.1 Å². The molecule has 0 fully saturated rings. The van der Waals surface area contributed by atoms with Gasteiger partial charge in [0.25, 0.3) is 0 Å². The molecule has 0 radical (unpaired) electrons. The van der Waals surface area contributed by atoms with E-state index in [1.54, 1.807) is 23.5 Å². The summed E-state index contributed by atoms with van der Waals surface area (Å²) in [6.07, 6.45) is 0. The van der Waals surface area contributed by atoms with E-state index in [1.165, 1.54) is 6.07 Å². The topological polar surface area (TPSA) is 12.0 Å². The number of halogens is 2. The smallest absolute Gasteiger partial charge is 0.128 e. The molecule has 16 heavy (non-hydrogen) atoms. The van der Waals surface area contributed by atoms with Gasteiger partial charge in [-0.05, 0) is 36.6 Å². The normalized spacial score (nSPS) is 12.4. The molecule has 1 nitrogen and oxygen atoms in total. The van der Waals surface area contributed by atoms with Crippen molar-refractivity contribution in [1.82, 2.24) is 0 Å². The van der Waals surface area contributed by atoms with Gasteiger partial charge in [-0.15, -0.1) is 0 Å². The molecule has 1 heterocycles. The summed E-state index contributed by atoms with van der Waals surface area (Å²) in [5.41, 5.74) is 1.69. The highest BCUT2D eigenvalue weighted by atomic mass is 79.9. The second kappa shape index (κ2) is 4.97. The molecule has 0 aliphatic heterocycles. The van der Waals surface area contributed by atoms with Crippen LogP contribution in [0.4, 0.5) is 10.1 Å². The molecule has 0 saturated heterocycles. The third-order valence-electron chi connectivity index (χ3n) is 2.33. The van der Waals surface area contributed by atoms with Gasteiger partial charge in [0.2, 0.25) is 0 Å². The van der Waals surface area contributed by atoms with Crippen LogP contribution in [-0.4, -0.2) is 0 Å². The Hall–Kier alpha value is -0.870. The van der Waals surface area contributed by atoms with Gasteiger partial charge < -0.3 is 5.32 Å². The third-order valence-corrected chi connectivity index (χ3v) is 3.51. The van der Waals surface area contributed by atoms with Crippen LogP contribution in [0.5, 0.6) is 0 Å². The van der Waals surface area contributed by atoms with Crippen LogP contribution in [0.3, 0.4) is 0 Å². The molecule has 2 aromatic rings. The highest BCUT2D eigenvalue weighted by Gasteiger charge is 2.11. The summed E-state index contributed by atoms with van der Waals surface area (Å²) in [5, 5.41) is 7.25. The Morgan fingerprint density at radius 3 is 2.88 bits per heavy atom. The summed E-state index contributed by atoms with van der Waals surface area (Å²) in [6, 6.07) is 6.92. The summed E-state index contributed by atoms with van der Waals surface area (Å²) in [7, 11) is 0. The average molecular weight is 300 g/mol. The molecule has 0 aliphatic carbocycles. The van der Waals surface area contributed by atoms with Gasteiger partial charge >= 0.3 is 0 Å². The Morgan fingerprint density at radius 1 is 1.38 bits per heavy atom. The van der Waals surface area contributed by atoms with Crippen molar-refractivity contribution in [2.45, 2.75) is 13.0 Å². The van der Waals surface area contributed by atoms with E-state index in [9.17, 15) is 4.39 Å². The molecule has 0 amide bonds. The van der Waals surface area contributed by atoms with Gasteiger partial charge in [-0.25, -0.2) is 4.39 Å². The van der Waals surface area contributed by atoms with Gasteiger partial charge in [0.15, 0.2) is 0 Å². The number of hydrogen-bond acceptors (Lipinski definition) is 2. The van der Waals surface area contributed by atoms with E-state index in [2.05, 4.69) is 21.2 Å². The Balaban J connectivity index is 2.20. The summed E-state index contributed by atoms with van der Waals surface area (Å²) in [4.78, 5) is 0. The van der Waals surface area contributed by atoms with E-state index < -0.39 is 0 Å². The maximum atomic E-state index is 13.6. The highest BCUT2D eigenvalue weighted by molar-refractivity contribution is 9.10. The van der Waals surface area contributed by atoms with Gasteiger partial charge in [-0.2, -0.15) is 11.3 Å². The van der Waals surface area contributed by atoms with E-state index in [0.29, 0.717) is 5.56 Å². The number of nitrogens with one attached hydrogen (secondary N) is 1. The van der Waals surface area contributed by atoms with Gasteiger partial charge in [-0.3, -0.25) is 0 Å². The first kappa shape index (κ1) is 11.6. The minimum absolute atomic E-state index is 0.0490. The molecule has 0 spiro atoms. The quantitative estimate of drug-likeness (QED) is 0.856. The van der Waals surface area contributed by atoms with E-state index in [0.717, 1.165) is 10.2 Å². The second-order valence-electron chi connectivity index (χ2n) is 3.54. The first-order valence-electron chi connectivity index (χ1n) is 4.90. The highest BCUT2D eigenvalue weighted by Crippen LogP contribution is 2.25. The van der Waals surface area contributed by atoms with Crippen molar-refractivity contribution in [3.05, 3.63) is 50.9 Å². The maximum absolute atomic E-state index is 13.6. The number of anilines is 1. The first-order valence-corrected chi connectivity index (χ1v) is 6.64. The minimum Gasteiger partial charge on any atom is -0.378 e. The number of benzene rings is 1. The number of thiophene rings is 1. The molecular weight excluding hydrogens is 289 g/mol. The molecule has 1 atom stereocenters. The Bertz CT molecular complexity index is 470. The molecule has 0 saturated carbocycles. The fourth-order valence-corrected chi connectivity index (χ4v) is 2.50. The average Bonchev–Trinajstić information content (AvgIpc) is 2.74. The maximum Gasteiger partial charge on any atom is 0.128 e. The molecule has 0 bridgehead atoms. The number of hydrogen-bond donors (Lipinski definition) is 1. The zero-order chi connectivity index (χ0) is 11.5.